The summed E-state index contributed by atoms with van der Waals surface area (Å²) >= 11 is 0. The largest absolute Gasteiger partial charge is 0.388 e. The van der Waals surface area contributed by atoms with Crippen molar-refractivity contribution in [2.24, 2.45) is 0 Å². The third-order valence-corrected chi connectivity index (χ3v) is 1.87. The standard InChI is InChI=1S/C6H9N/c1-2-6-5(1)3-4-7-6/h7H,1-4H2. The van der Waals surface area contributed by atoms with Crippen LogP contribution in [0.3, 0.4) is 0 Å². The molecule has 0 fully saturated rings. The van der Waals surface area contributed by atoms with Crippen molar-refractivity contribution in [3.05, 3.63) is 11.3 Å². The highest BCUT2D eigenvalue weighted by molar-refractivity contribution is 5.26. The van der Waals surface area contributed by atoms with E-state index >= 15 is 0 Å². The maximum atomic E-state index is 3.34. The first-order valence-electron chi connectivity index (χ1n) is 2.91. The van der Waals surface area contributed by atoms with Gasteiger partial charge in [-0.2, -0.15) is 0 Å². The Morgan fingerprint density at radius 3 is 2.43 bits per heavy atom. The Hall–Kier alpha value is -0.460. The van der Waals surface area contributed by atoms with E-state index in [9.17, 15) is 0 Å². The molecule has 0 bridgehead atoms. The van der Waals surface area contributed by atoms with Crippen LogP contribution >= 0.6 is 0 Å². The molecular weight excluding hydrogens is 86.1 g/mol. The number of rotatable bonds is 0. The van der Waals surface area contributed by atoms with E-state index in [2.05, 4.69) is 5.32 Å². The van der Waals surface area contributed by atoms with E-state index in [4.69, 9.17) is 0 Å². The molecule has 1 nitrogen and oxygen atoms in total. The molecule has 0 unspecified atom stereocenters. The van der Waals surface area contributed by atoms with Crippen LogP contribution in [0.2, 0.25) is 0 Å². The number of nitrogens with one attached hydrogen (secondary N) is 1. The fraction of sp³-hybridized carbons (Fsp3) is 0.667. The molecule has 0 spiro atoms. The van der Waals surface area contributed by atoms with Crippen LogP contribution < -0.4 is 5.32 Å². The molecule has 1 aliphatic carbocycles. The van der Waals surface area contributed by atoms with Crippen LogP contribution in [0.25, 0.3) is 0 Å². The second kappa shape index (κ2) is 1.03. The van der Waals surface area contributed by atoms with Gasteiger partial charge in [0.2, 0.25) is 0 Å². The molecule has 0 aromatic carbocycles. The number of allylic oxidation sites excluding steroid dienone is 1. The van der Waals surface area contributed by atoms with Gasteiger partial charge in [0.1, 0.15) is 0 Å². The minimum atomic E-state index is 1.21. The van der Waals surface area contributed by atoms with Gasteiger partial charge in [0, 0.05) is 12.2 Å². The zero-order valence-electron chi connectivity index (χ0n) is 4.33. The van der Waals surface area contributed by atoms with Crippen LogP contribution in [-0.2, 0) is 0 Å². The second-order valence-electron chi connectivity index (χ2n) is 2.26. The molecule has 2 aliphatic rings. The van der Waals surface area contributed by atoms with E-state index in [0.29, 0.717) is 0 Å². The van der Waals surface area contributed by atoms with Crippen LogP contribution in [0.1, 0.15) is 19.3 Å². The lowest BCUT2D eigenvalue weighted by atomic mass is 9.95. The molecule has 0 aromatic heterocycles. The molecule has 0 atom stereocenters. The van der Waals surface area contributed by atoms with Crippen LogP contribution in [0.5, 0.6) is 0 Å². The Kier molecular flexibility index (Phi) is 0.518. The first-order valence-corrected chi connectivity index (χ1v) is 2.91. The van der Waals surface area contributed by atoms with E-state index in [1.54, 1.807) is 11.3 Å². The minimum Gasteiger partial charge on any atom is -0.388 e. The maximum Gasteiger partial charge on any atom is 0.0181 e. The molecule has 0 amide bonds. The fourth-order valence-electron chi connectivity index (χ4n) is 1.28. The molecule has 2 rings (SSSR count). The molecule has 7 heavy (non-hydrogen) atoms. The van der Waals surface area contributed by atoms with Crippen LogP contribution in [-0.4, -0.2) is 6.54 Å². The van der Waals surface area contributed by atoms with Crippen molar-refractivity contribution < 1.29 is 0 Å². The first-order chi connectivity index (χ1) is 3.47. The monoisotopic (exact) mass is 95.1 g/mol. The first kappa shape index (κ1) is 3.53. The highest BCUT2D eigenvalue weighted by Crippen LogP contribution is 2.31. The number of hydrogen-bond acceptors (Lipinski definition) is 1. The molecule has 1 aliphatic heterocycles. The van der Waals surface area contributed by atoms with Crippen molar-refractivity contribution >= 4 is 0 Å². The lowest BCUT2D eigenvalue weighted by Gasteiger charge is -2.14. The predicted octanol–water partition coefficient (Wildman–Crippen LogP) is 1.03. The SMILES string of the molecule is C1CC2=C(CC2)N1. The van der Waals surface area contributed by atoms with Gasteiger partial charge >= 0.3 is 0 Å². The topological polar surface area (TPSA) is 12.0 Å². The van der Waals surface area contributed by atoms with Crippen molar-refractivity contribution in [1.82, 2.24) is 5.32 Å². The molecule has 1 N–H and O–H groups in total. The minimum absolute atomic E-state index is 1.21. The summed E-state index contributed by atoms with van der Waals surface area (Å²) in [7, 11) is 0. The predicted molar refractivity (Wildman–Crippen MR) is 28.9 cm³/mol. The molecule has 0 saturated carbocycles. The fourth-order valence-corrected chi connectivity index (χ4v) is 1.28. The summed E-state index contributed by atoms with van der Waals surface area (Å²) in [5.41, 5.74) is 3.25. The Labute approximate surface area is 43.4 Å². The average Bonchev–Trinajstić information content (AvgIpc) is 1.85. The van der Waals surface area contributed by atoms with Gasteiger partial charge in [0.15, 0.2) is 0 Å². The third kappa shape index (κ3) is 0.328. The Bertz CT molecular complexity index is 110. The molecule has 1 heterocycles. The maximum absolute atomic E-state index is 3.34. The summed E-state index contributed by atoms with van der Waals surface area (Å²) in [6.07, 6.45) is 4.03. The summed E-state index contributed by atoms with van der Waals surface area (Å²) in [5.74, 6) is 0. The highest BCUT2D eigenvalue weighted by atomic mass is 14.9. The summed E-state index contributed by atoms with van der Waals surface area (Å²) < 4.78 is 0. The van der Waals surface area contributed by atoms with Crippen molar-refractivity contribution in [1.29, 1.82) is 0 Å². The second-order valence-corrected chi connectivity index (χ2v) is 2.26. The van der Waals surface area contributed by atoms with E-state index in [1.165, 1.54) is 25.8 Å². The summed E-state index contributed by atoms with van der Waals surface area (Å²) in [5, 5.41) is 3.34. The van der Waals surface area contributed by atoms with E-state index in [1.807, 2.05) is 0 Å². The Balaban J connectivity index is 2.29. The Morgan fingerprint density at radius 1 is 1.14 bits per heavy atom. The van der Waals surface area contributed by atoms with Gasteiger partial charge in [-0.05, 0) is 24.8 Å². The molecule has 0 saturated heterocycles. The van der Waals surface area contributed by atoms with Crippen molar-refractivity contribution in [2.75, 3.05) is 6.54 Å². The van der Waals surface area contributed by atoms with E-state index < -0.39 is 0 Å². The van der Waals surface area contributed by atoms with Crippen molar-refractivity contribution in [3.8, 4) is 0 Å². The number of hydrogen-bond donors (Lipinski definition) is 1. The molecular formula is C6H9N. The Morgan fingerprint density at radius 2 is 2.14 bits per heavy atom. The highest BCUT2D eigenvalue weighted by Gasteiger charge is 2.20. The van der Waals surface area contributed by atoms with Crippen molar-refractivity contribution in [2.45, 2.75) is 19.3 Å². The summed E-state index contributed by atoms with van der Waals surface area (Å²) in [4.78, 5) is 0. The smallest absolute Gasteiger partial charge is 0.0181 e. The zero-order chi connectivity index (χ0) is 4.69. The van der Waals surface area contributed by atoms with Crippen molar-refractivity contribution in [3.63, 3.8) is 0 Å². The van der Waals surface area contributed by atoms with Crippen LogP contribution in [0.15, 0.2) is 11.3 Å². The third-order valence-electron chi connectivity index (χ3n) is 1.87. The van der Waals surface area contributed by atoms with Gasteiger partial charge in [-0.25, -0.2) is 0 Å². The molecule has 0 aromatic rings. The summed E-state index contributed by atoms with van der Waals surface area (Å²) in [6, 6.07) is 0. The normalized spacial score (nSPS) is 26.3. The molecule has 38 valence electrons. The van der Waals surface area contributed by atoms with E-state index in [0.717, 1.165) is 0 Å². The molecule has 0 radical (unpaired) electrons. The van der Waals surface area contributed by atoms with Gasteiger partial charge in [0.05, 0.1) is 0 Å². The van der Waals surface area contributed by atoms with E-state index in [-0.39, 0.29) is 0 Å². The average molecular weight is 95.1 g/mol. The van der Waals surface area contributed by atoms with Gasteiger partial charge in [-0.15, -0.1) is 0 Å². The van der Waals surface area contributed by atoms with Gasteiger partial charge in [-0.1, -0.05) is 0 Å². The van der Waals surface area contributed by atoms with Gasteiger partial charge < -0.3 is 5.32 Å². The van der Waals surface area contributed by atoms with Gasteiger partial charge in [-0.3, -0.25) is 0 Å². The zero-order valence-corrected chi connectivity index (χ0v) is 4.33. The summed E-state index contributed by atoms with van der Waals surface area (Å²) in [6.45, 7) is 1.21. The molecule has 1 heteroatoms. The van der Waals surface area contributed by atoms with Crippen LogP contribution in [0, 0.1) is 0 Å². The van der Waals surface area contributed by atoms with Crippen LogP contribution in [0.4, 0.5) is 0 Å². The lowest BCUT2D eigenvalue weighted by Crippen LogP contribution is -2.10. The lowest BCUT2D eigenvalue weighted by molar-refractivity contribution is 0.766. The van der Waals surface area contributed by atoms with Gasteiger partial charge in [0.25, 0.3) is 0 Å². The quantitative estimate of drug-likeness (QED) is 0.473.